The molecule has 2 aliphatic rings. The molecule has 94 valence electrons. The molecule has 0 aromatic heterocycles. The summed E-state index contributed by atoms with van der Waals surface area (Å²) in [4.78, 5) is 2.64. The Morgan fingerprint density at radius 2 is 1.75 bits per heavy atom. The third-order valence-electron chi connectivity index (χ3n) is 4.39. The third-order valence-corrected chi connectivity index (χ3v) is 4.39. The fourth-order valence-corrected chi connectivity index (χ4v) is 3.12. The molecule has 16 heavy (non-hydrogen) atoms. The molecule has 1 heterocycles. The van der Waals surface area contributed by atoms with Crippen LogP contribution in [0.1, 0.15) is 52.9 Å². The van der Waals surface area contributed by atoms with E-state index in [2.05, 4.69) is 25.7 Å². The first-order chi connectivity index (χ1) is 7.39. The summed E-state index contributed by atoms with van der Waals surface area (Å²) in [5.41, 5.74) is 7.13. The Labute approximate surface area is 101 Å². The maximum atomic E-state index is 5.97. The number of nitrogens with two attached hydrogens (primary N) is 1. The summed E-state index contributed by atoms with van der Waals surface area (Å²) in [5, 5.41) is 0. The Hall–Kier alpha value is -0.0800. The highest BCUT2D eigenvalue weighted by Gasteiger charge is 2.44. The van der Waals surface area contributed by atoms with Gasteiger partial charge in [0.15, 0.2) is 0 Å². The maximum absolute atomic E-state index is 5.97. The van der Waals surface area contributed by atoms with E-state index in [1.54, 1.807) is 0 Å². The van der Waals surface area contributed by atoms with Crippen molar-refractivity contribution in [1.82, 2.24) is 4.90 Å². The zero-order chi connectivity index (χ0) is 11.8. The highest BCUT2D eigenvalue weighted by Crippen LogP contribution is 2.43. The van der Waals surface area contributed by atoms with Crippen molar-refractivity contribution in [2.45, 2.75) is 58.9 Å². The molecule has 0 unspecified atom stereocenters. The van der Waals surface area contributed by atoms with E-state index < -0.39 is 0 Å². The van der Waals surface area contributed by atoms with Crippen LogP contribution in [0.25, 0.3) is 0 Å². The van der Waals surface area contributed by atoms with Crippen molar-refractivity contribution in [1.29, 1.82) is 0 Å². The lowest BCUT2D eigenvalue weighted by atomic mass is 9.67. The van der Waals surface area contributed by atoms with Crippen LogP contribution in [0.3, 0.4) is 0 Å². The van der Waals surface area contributed by atoms with Crippen molar-refractivity contribution in [2.75, 3.05) is 19.6 Å². The Morgan fingerprint density at radius 3 is 2.25 bits per heavy atom. The van der Waals surface area contributed by atoms with E-state index in [0.29, 0.717) is 16.9 Å². The Bertz CT molecular complexity index is 226. The summed E-state index contributed by atoms with van der Waals surface area (Å²) in [5.74, 6) is 0. The second-order valence-corrected chi connectivity index (χ2v) is 7.36. The third kappa shape index (κ3) is 2.98. The molecule has 0 aromatic carbocycles. The highest BCUT2D eigenvalue weighted by atomic mass is 15.2. The number of hydrogen-bond donors (Lipinski definition) is 1. The summed E-state index contributed by atoms with van der Waals surface area (Å²) in [7, 11) is 0. The lowest BCUT2D eigenvalue weighted by Crippen LogP contribution is -2.58. The molecule has 1 saturated heterocycles. The van der Waals surface area contributed by atoms with Crippen LogP contribution in [0, 0.1) is 10.8 Å². The van der Waals surface area contributed by atoms with Gasteiger partial charge in [0.2, 0.25) is 0 Å². The molecule has 0 aromatic rings. The normalized spacial score (nSPS) is 27.0. The summed E-state index contributed by atoms with van der Waals surface area (Å²) in [6.45, 7) is 11.0. The molecule has 2 N–H and O–H groups in total. The average molecular weight is 224 g/mol. The highest BCUT2D eigenvalue weighted by molar-refractivity contribution is 4.98. The minimum absolute atomic E-state index is 0.484. The minimum Gasteiger partial charge on any atom is -0.328 e. The van der Waals surface area contributed by atoms with Crippen LogP contribution in [-0.4, -0.2) is 30.6 Å². The van der Waals surface area contributed by atoms with Gasteiger partial charge >= 0.3 is 0 Å². The van der Waals surface area contributed by atoms with E-state index in [9.17, 15) is 0 Å². The Morgan fingerprint density at radius 1 is 1.19 bits per heavy atom. The van der Waals surface area contributed by atoms with E-state index in [-0.39, 0.29) is 0 Å². The van der Waals surface area contributed by atoms with Crippen molar-refractivity contribution in [2.24, 2.45) is 16.6 Å². The first-order valence-electron chi connectivity index (χ1n) is 6.87. The van der Waals surface area contributed by atoms with Gasteiger partial charge in [0.1, 0.15) is 0 Å². The van der Waals surface area contributed by atoms with Gasteiger partial charge in [0.05, 0.1) is 0 Å². The van der Waals surface area contributed by atoms with E-state index in [0.717, 1.165) is 0 Å². The van der Waals surface area contributed by atoms with Gasteiger partial charge in [-0.2, -0.15) is 0 Å². The number of hydrogen-bond acceptors (Lipinski definition) is 2. The molecule has 0 amide bonds. The Balaban J connectivity index is 1.69. The van der Waals surface area contributed by atoms with Crippen LogP contribution in [0.2, 0.25) is 0 Å². The van der Waals surface area contributed by atoms with Crippen molar-refractivity contribution in [3.8, 4) is 0 Å². The predicted molar refractivity (Wildman–Crippen MR) is 69.4 cm³/mol. The van der Waals surface area contributed by atoms with Crippen molar-refractivity contribution in [3.05, 3.63) is 0 Å². The van der Waals surface area contributed by atoms with E-state index >= 15 is 0 Å². The minimum atomic E-state index is 0.484. The van der Waals surface area contributed by atoms with Gasteiger partial charge < -0.3 is 10.6 Å². The molecular formula is C14H28N2. The van der Waals surface area contributed by atoms with Crippen molar-refractivity contribution < 1.29 is 0 Å². The smallest absolute Gasteiger partial charge is 0.00505 e. The molecule has 2 heteroatoms. The lowest BCUT2D eigenvalue weighted by Gasteiger charge is -2.54. The first kappa shape index (κ1) is 12.4. The first-order valence-corrected chi connectivity index (χ1v) is 6.87. The van der Waals surface area contributed by atoms with Crippen LogP contribution in [-0.2, 0) is 0 Å². The van der Waals surface area contributed by atoms with Gasteiger partial charge in [-0.1, -0.05) is 20.8 Å². The van der Waals surface area contributed by atoms with Crippen LogP contribution in [0.4, 0.5) is 0 Å². The number of nitrogens with zero attached hydrogens (tertiary/aromatic N) is 1. The van der Waals surface area contributed by atoms with Gasteiger partial charge in [-0.15, -0.1) is 0 Å². The van der Waals surface area contributed by atoms with Gasteiger partial charge in [0.25, 0.3) is 0 Å². The van der Waals surface area contributed by atoms with Gasteiger partial charge in [-0.05, 0) is 49.5 Å². The van der Waals surface area contributed by atoms with Gasteiger partial charge in [-0.3, -0.25) is 0 Å². The largest absolute Gasteiger partial charge is 0.328 e. The molecule has 2 fully saturated rings. The summed E-state index contributed by atoms with van der Waals surface area (Å²) < 4.78 is 0. The van der Waals surface area contributed by atoms with E-state index in [1.165, 1.54) is 51.7 Å². The molecular weight excluding hydrogens is 196 g/mol. The van der Waals surface area contributed by atoms with E-state index in [4.69, 9.17) is 5.73 Å². The number of likely N-dealkylation sites (tertiary alicyclic amines) is 1. The predicted octanol–water partition coefficient (Wildman–Crippen LogP) is 2.63. The molecule has 1 aliphatic heterocycles. The second kappa shape index (κ2) is 4.30. The van der Waals surface area contributed by atoms with Gasteiger partial charge in [0, 0.05) is 19.1 Å². The molecule has 2 nitrogen and oxygen atoms in total. The molecule has 2 rings (SSSR count). The van der Waals surface area contributed by atoms with Crippen LogP contribution >= 0.6 is 0 Å². The van der Waals surface area contributed by atoms with Crippen LogP contribution < -0.4 is 5.73 Å². The molecule has 0 bridgehead atoms. The van der Waals surface area contributed by atoms with Crippen molar-refractivity contribution in [3.63, 3.8) is 0 Å². The molecule has 1 spiro atoms. The molecule has 0 radical (unpaired) electrons. The SMILES string of the molecule is CC(C)(C)CCN1CC2(CCC(N)CC2)C1. The molecule has 1 saturated carbocycles. The van der Waals surface area contributed by atoms with Crippen molar-refractivity contribution >= 4 is 0 Å². The van der Waals surface area contributed by atoms with E-state index in [1.807, 2.05) is 0 Å². The Kier molecular flexibility index (Phi) is 3.33. The molecule has 0 atom stereocenters. The lowest BCUT2D eigenvalue weighted by molar-refractivity contribution is -0.0354. The van der Waals surface area contributed by atoms with Crippen LogP contribution in [0.5, 0.6) is 0 Å². The average Bonchev–Trinajstić information content (AvgIpc) is 2.13. The molecule has 1 aliphatic carbocycles. The van der Waals surface area contributed by atoms with Gasteiger partial charge in [-0.25, -0.2) is 0 Å². The topological polar surface area (TPSA) is 29.3 Å². The number of rotatable bonds is 2. The quantitative estimate of drug-likeness (QED) is 0.781. The zero-order valence-electron chi connectivity index (χ0n) is 11.3. The standard InChI is InChI=1S/C14H28N2/c1-13(2,3)8-9-16-10-14(11-16)6-4-12(15)5-7-14/h12H,4-11,15H2,1-3H3. The van der Waals surface area contributed by atoms with Crippen LogP contribution in [0.15, 0.2) is 0 Å². The zero-order valence-corrected chi connectivity index (χ0v) is 11.3. The fraction of sp³-hybridized carbons (Fsp3) is 1.00. The summed E-state index contributed by atoms with van der Waals surface area (Å²) in [6.07, 6.45) is 6.59. The summed E-state index contributed by atoms with van der Waals surface area (Å²) in [6, 6.07) is 0.495. The monoisotopic (exact) mass is 224 g/mol. The fourth-order valence-electron chi connectivity index (χ4n) is 3.12. The maximum Gasteiger partial charge on any atom is 0.00505 e. The second-order valence-electron chi connectivity index (χ2n) is 7.36. The summed E-state index contributed by atoms with van der Waals surface area (Å²) >= 11 is 0.